The summed E-state index contributed by atoms with van der Waals surface area (Å²) in [5, 5.41) is 26.9. The van der Waals surface area contributed by atoms with Crippen LogP contribution in [0.4, 0.5) is 17.1 Å². The Morgan fingerprint density at radius 3 is 2.54 bits per heavy atom. The van der Waals surface area contributed by atoms with Crippen LogP contribution in [0, 0.1) is 49.8 Å². The monoisotopic (exact) mass is 386 g/mol. The van der Waals surface area contributed by atoms with Crippen molar-refractivity contribution in [3.63, 3.8) is 0 Å². The van der Waals surface area contributed by atoms with E-state index in [1.165, 1.54) is 44.2 Å². The van der Waals surface area contributed by atoms with E-state index >= 15 is 0 Å². The fraction of sp³-hybridized carbons (Fsp3) is 0.650. The van der Waals surface area contributed by atoms with Gasteiger partial charge in [-0.3, -0.25) is 25.7 Å². The van der Waals surface area contributed by atoms with Crippen molar-refractivity contribution in [1.82, 2.24) is 0 Å². The number of nitrogens with zero attached hydrogens (tertiary/aromatic N) is 3. The molecule has 0 aromatic heterocycles. The fourth-order valence-electron chi connectivity index (χ4n) is 5.63. The average Bonchev–Trinajstić information content (AvgIpc) is 3.29. The van der Waals surface area contributed by atoms with Crippen LogP contribution in [0.15, 0.2) is 23.3 Å². The lowest BCUT2D eigenvalue weighted by molar-refractivity contribution is -0.393. The lowest BCUT2D eigenvalue weighted by Crippen LogP contribution is -2.33. The molecule has 150 valence electrons. The van der Waals surface area contributed by atoms with Crippen molar-refractivity contribution in [3.05, 3.63) is 38.4 Å². The van der Waals surface area contributed by atoms with Gasteiger partial charge in [0.15, 0.2) is 0 Å². The zero-order valence-corrected chi connectivity index (χ0v) is 16.0. The molecule has 28 heavy (non-hydrogen) atoms. The second kappa shape index (κ2) is 7.48. The Balaban J connectivity index is 1.57. The topological polar surface area (TPSA) is 111 Å². The Labute approximate surface area is 163 Å². The summed E-state index contributed by atoms with van der Waals surface area (Å²) >= 11 is 0. The van der Waals surface area contributed by atoms with Crippen LogP contribution >= 0.6 is 0 Å². The van der Waals surface area contributed by atoms with E-state index in [2.05, 4.69) is 17.5 Å². The lowest BCUT2D eigenvalue weighted by atomic mass is 9.70. The maximum Gasteiger partial charge on any atom is 0.301 e. The number of nitro groups is 2. The Kier molecular flexibility index (Phi) is 5.03. The predicted molar refractivity (Wildman–Crippen MR) is 106 cm³/mol. The van der Waals surface area contributed by atoms with Crippen LogP contribution in [-0.2, 0) is 0 Å². The summed E-state index contributed by atoms with van der Waals surface area (Å²) in [5.74, 6) is 3.39. The van der Waals surface area contributed by atoms with Gasteiger partial charge in [-0.15, -0.1) is 0 Å². The van der Waals surface area contributed by atoms with Gasteiger partial charge in [-0.25, -0.2) is 0 Å². The van der Waals surface area contributed by atoms with Gasteiger partial charge in [-0.1, -0.05) is 13.3 Å². The third-order valence-electron chi connectivity index (χ3n) is 6.97. The Bertz CT molecular complexity index is 824. The normalized spacial score (nSPS) is 33.2. The molecule has 0 aliphatic heterocycles. The first kappa shape index (κ1) is 18.8. The Morgan fingerprint density at radius 1 is 1.07 bits per heavy atom. The third-order valence-corrected chi connectivity index (χ3v) is 6.97. The highest BCUT2D eigenvalue weighted by Crippen LogP contribution is 2.53. The van der Waals surface area contributed by atoms with Crippen molar-refractivity contribution in [2.45, 2.75) is 51.9 Å². The van der Waals surface area contributed by atoms with Crippen LogP contribution in [0.3, 0.4) is 0 Å². The van der Waals surface area contributed by atoms with Crippen LogP contribution in [-0.4, -0.2) is 15.6 Å². The van der Waals surface area contributed by atoms with Gasteiger partial charge < -0.3 is 0 Å². The molecule has 5 atom stereocenters. The van der Waals surface area contributed by atoms with E-state index in [0.29, 0.717) is 17.8 Å². The van der Waals surface area contributed by atoms with Gasteiger partial charge in [0, 0.05) is 17.7 Å². The predicted octanol–water partition coefficient (Wildman–Crippen LogP) is 5.14. The summed E-state index contributed by atoms with van der Waals surface area (Å²) in [6, 6.07) is 3.63. The minimum Gasteiger partial charge on any atom is -0.272 e. The molecule has 1 aromatic carbocycles. The summed E-state index contributed by atoms with van der Waals surface area (Å²) in [6.45, 7) is 2.22. The van der Waals surface area contributed by atoms with Crippen molar-refractivity contribution >= 4 is 22.8 Å². The van der Waals surface area contributed by atoms with E-state index in [-0.39, 0.29) is 17.1 Å². The van der Waals surface area contributed by atoms with E-state index in [1.54, 1.807) is 0 Å². The second-order valence-electron chi connectivity index (χ2n) is 8.76. The quantitative estimate of drug-likeness (QED) is 0.556. The van der Waals surface area contributed by atoms with Crippen molar-refractivity contribution in [3.8, 4) is 0 Å². The van der Waals surface area contributed by atoms with Crippen LogP contribution in [0.25, 0.3) is 0 Å². The molecule has 1 aromatic rings. The Morgan fingerprint density at radius 2 is 1.89 bits per heavy atom. The highest BCUT2D eigenvalue weighted by atomic mass is 16.6. The van der Waals surface area contributed by atoms with Crippen molar-refractivity contribution in [2.75, 3.05) is 5.43 Å². The van der Waals surface area contributed by atoms with Gasteiger partial charge in [-0.2, -0.15) is 5.10 Å². The number of hydrazone groups is 1. The summed E-state index contributed by atoms with van der Waals surface area (Å²) < 4.78 is 0. The molecule has 4 rings (SSSR count). The average molecular weight is 386 g/mol. The van der Waals surface area contributed by atoms with E-state index in [4.69, 9.17) is 0 Å². The van der Waals surface area contributed by atoms with Crippen LogP contribution in [0.1, 0.15) is 51.9 Å². The molecule has 0 spiro atoms. The molecule has 3 saturated carbocycles. The standard InChI is InChI=1S/C20H26N4O4/c1-12-2-6-16(17-10-13-3-4-14(17)9-13)19(8-12)22-21-18-7-5-15(23(25)26)11-20(18)24(27)28/h5,7,11-14,16-17,21H,2-4,6,8-10H2,1H3/b22-19-/t12-,13+,14+,16-,17+/m1/s1. The number of hydrogen-bond donors (Lipinski definition) is 1. The minimum absolute atomic E-state index is 0.202. The molecule has 8 heteroatoms. The first-order valence-corrected chi connectivity index (χ1v) is 10.2. The second-order valence-corrected chi connectivity index (χ2v) is 8.76. The van der Waals surface area contributed by atoms with Gasteiger partial charge in [0.25, 0.3) is 5.69 Å². The summed E-state index contributed by atoms with van der Waals surface area (Å²) in [4.78, 5) is 21.0. The largest absolute Gasteiger partial charge is 0.301 e. The van der Waals surface area contributed by atoms with Gasteiger partial charge in [0.2, 0.25) is 0 Å². The molecule has 0 saturated heterocycles. The molecule has 0 amide bonds. The number of non-ortho nitro benzene ring substituents is 1. The molecule has 0 unspecified atom stereocenters. The van der Waals surface area contributed by atoms with Gasteiger partial charge in [0.05, 0.1) is 15.9 Å². The molecule has 3 aliphatic carbocycles. The molecule has 0 heterocycles. The van der Waals surface area contributed by atoms with Crippen molar-refractivity contribution in [1.29, 1.82) is 0 Å². The minimum atomic E-state index is -0.628. The Hall–Kier alpha value is -2.51. The lowest BCUT2D eigenvalue weighted by Gasteiger charge is -2.36. The highest BCUT2D eigenvalue weighted by molar-refractivity contribution is 5.89. The molecule has 3 aliphatic rings. The summed E-state index contributed by atoms with van der Waals surface area (Å²) in [7, 11) is 0. The molecule has 3 fully saturated rings. The number of nitro benzene ring substituents is 2. The van der Waals surface area contributed by atoms with Gasteiger partial charge >= 0.3 is 5.69 Å². The maximum absolute atomic E-state index is 11.4. The van der Waals surface area contributed by atoms with E-state index in [0.717, 1.165) is 36.5 Å². The van der Waals surface area contributed by atoms with E-state index < -0.39 is 9.85 Å². The zero-order chi connectivity index (χ0) is 19.8. The highest BCUT2D eigenvalue weighted by Gasteiger charge is 2.45. The first-order chi connectivity index (χ1) is 13.4. The van der Waals surface area contributed by atoms with E-state index in [9.17, 15) is 20.2 Å². The first-order valence-electron chi connectivity index (χ1n) is 10.2. The van der Waals surface area contributed by atoms with Crippen LogP contribution in [0.5, 0.6) is 0 Å². The fourth-order valence-corrected chi connectivity index (χ4v) is 5.63. The third kappa shape index (κ3) is 3.59. The summed E-state index contributed by atoms with van der Waals surface area (Å²) in [5.41, 5.74) is 3.57. The van der Waals surface area contributed by atoms with E-state index in [1.807, 2.05) is 0 Å². The van der Waals surface area contributed by atoms with Gasteiger partial charge in [-0.05, 0) is 68.3 Å². The zero-order valence-electron chi connectivity index (χ0n) is 16.0. The molecule has 2 bridgehead atoms. The molecular formula is C20H26N4O4. The number of rotatable bonds is 5. The SMILES string of the molecule is C[C@@H]1CC[C@H]([C@H]2C[C@H]3CC[C@H]2C3)/C(=N\Nc2ccc([N+](=O)[O-])cc2[N+](=O)[O-])C1. The number of hydrogen-bond acceptors (Lipinski definition) is 6. The van der Waals surface area contributed by atoms with Gasteiger partial charge in [0.1, 0.15) is 5.69 Å². The van der Waals surface area contributed by atoms with Crippen LogP contribution in [0.2, 0.25) is 0 Å². The number of nitrogens with one attached hydrogen (secondary N) is 1. The molecule has 0 radical (unpaired) electrons. The maximum atomic E-state index is 11.4. The van der Waals surface area contributed by atoms with Crippen molar-refractivity contribution < 1.29 is 9.85 Å². The molecular weight excluding hydrogens is 360 g/mol. The number of anilines is 1. The van der Waals surface area contributed by atoms with Crippen LogP contribution < -0.4 is 5.43 Å². The summed E-state index contributed by atoms with van der Waals surface area (Å²) in [6.07, 6.45) is 8.59. The van der Waals surface area contributed by atoms with Crippen molar-refractivity contribution in [2.24, 2.45) is 34.7 Å². The smallest absolute Gasteiger partial charge is 0.272 e. The number of fused-ring (bicyclic) bond motifs is 2. The molecule has 1 N–H and O–H groups in total. The molecule has 8 nitrogen and oxygen atoms in total. The number of benzene rings is 1.